The molecule has 0 fully saturated rings. The first-order valence-corrected chi connectivity index (χ1v) is 23.9. The summed E-state index contributed by atoms with van der Waals surface area (Å²) in [5.41, 5.74) is 1.95. The molecule has 0 saturated heterocycles. The van der Waals surface area contributed by atoms with Crippen LogP contribution in [-0.4, -0.2) is 61.4 Å². The normalized spacial score (nSPS) is 12.1. The van der Waals surface area contributed by atoms with Crippen molar-refractivity contribution in [1.82, 2.24) is 4.90 Å². The summed E-state index contributed by atoms with van der Waals surface area (Å²) in [6, 6.07) is 14.4. The molecule has 2 aromatic carbocycles. The van der Waals surface area contributed by atoms with Gasteiger partial charge in [0.1, 0.15) is 5.82 Å². The van der Waals surface area contributed by atoms with Crippen LogP contribution in [-0.2, 0) is 19.1 Å². The number of aliphatic hydroxyl groups is 1. The molecule has 0 heterocycles. The number of unbranched alkanes of at least 4 members (excludes halogenated alkanes) is 18. The number of ether oxygens (including phenoxy) is 2. The Bertz CT molecular complexity index is 1270. The molecule has 1 unspecified atom stereocenters. The summed E-state index contributed by atoms with van der Waals surface area (Å²) in [5.74, 6) is -0.718. The van der Waals surface area contributed by atoms with Crippen molar-refractivity contribution < 1.29 is 28.6 Å². The number of nitrogens with zero attached hydrogens (tertiary/aromatic N) is 1. The Kier molecular flexibility index (Phi) is 31.0. The van der Waals surface area contributed by atoms with Crippen LogP contribution >= 0.6 is 0 Å². The monoisotopic (exact) mass is 810 g/mol. The highest BCUT2D eigenvalue weighted by Gasteiger charge is 2.19. The largest absolute Gasteiger partial charge is 0.465 e. The standard InChI is InChI=1S/C51H84FNO5/c1-4-6-8-10-12-14-20-30-45(31-21-15-13-11-9-7-5-2)43-58-50(55)34-24-19-26-38-53(39-27-28-40-54)37-25-16-17-29-41-57-51(56)44(3)47-35-36-48(49(52)42-47)46-32-22-18-23-33-46/h18,22-23,32-33,35-36,42,44-45,54H,4-17,19-21,24-31,34,37-41,43H2,1-3H3. The van der Waals surface area contributed by atoms with Gasteiger partial charge >= 0.3 is 11.9 Å². The van der Waals surface area contributed by atoms with E-state index in [-0.39, 0.29) is 24.4 Å². The molecule has 0 bridgehead atoms. The molecule has 0 aliphatic heterocycles. The maximum atomic E-state index is 14.9. The second-order valence-corrected chi connectivity index (χ2v) is 16.9. The molecule has 6 nitrogen and oxygen atoms in total. The molecule has 1 atom stereocenters. The van der Waals surface area contributed by atoms with Crippen molar-refractivity contribution in [2.75, 3.05) is 39.5 Å². The predicted molar refractivity (Wildman–Crippen MR) is 241 cm³/mol. The molecule has 0 radical (unpaired) electrons. The van der Waals surface area contributed by atoms with Gasteiger partial charge in [0.25, 0.3) is 0 Å². The second-order valence-electron chi connectivity index (χ2n) is 16.9. The Morgan fingerprint density at radius 3 is 1.76 bits per heavy atom. The summed E-state index contributed by atoms with van der Waals surface area (Å²) in [7, 11) is 0. The van der Waals surface area contributed by atoms with Crippen LogP contribution in [0.1, 0.15) is 199 Å². The molecule has 7 heteroatoms. The Morgan fingerprint density at radius 2 is 1.17 bits per heavy atom. The Morgan fingerprint density at radius 1 is 0.638 bits per heavy atom. The number of carbonyl (C=O) groups excluding carboxylic acids is 2. The van der Waals surface area contributed by atoms with E-state index >= 15 is 0 Å². The number of carbonyl (C=O) groups is 2. The molecule has 0 aliphatic rings. The first kappa shape index (κ1) is 51.4. The lowest BCUT2D eigenvalue weighted by Gasteiger charge is -2.22. The Balaban J connectivity index is 1.62. The van der Waals surface area contributed by atoms with Gasteiger partial charge in [-0.3, -0.25) is 9.59 Å². The van der Waals surface area contributed by atoms with Crippen molar-refractivity contribution in [3.63, 3.8) is 0 Å². The summed E-state index contributed by atoms with van der Waals surface area (Å²) in [6.07, 6.45) is 30.0. The van der Waals surface area contributed by atoms with Gasteiger partial charge in [-0.2, -0.15) is 0 Å². The molecule has 330 valence electrons. The summed E-state index contributed by atoms with van der Waals surface area (Å²) in [6.45, 7) is 10.5. The van der Waals surface area contributed by atoms with Gasteiger partial charge in [0.2, 0.25) is 0 Å². The number of halogens is 1. The molecule has 1 N–H and O–H groups in total. The lowest BCUT2D eigenvalue weighted by atomic mass is 9.94. The van der Waals surface area contributed by atoms with Crippen molar-refractivity contribution in [3.05, 3.63) is 59.9 Å². The van der Waals surface area contributed by atoms with Crippen molar-refractivity contribution in [2.45, 2.75) is 194 Å². The highest BCUT2D eigenvalue weighted by molar-refractivity contribution is 5.78. The van der Waals surface area contributed by atoms with Gasteiger partial charge in [-0.1, -0.05) is 165 Å². The van der Waals surface area contributed by atoms with Gasteiger partial charge in [-0.25, -0.2) is 4.39 Å². The summed E-state index contributed by atoms with van der Waals surface area (Å²) < 4.78 is 26.3. The number of rotatable bonds is 38. The zero-order valence-electron chi connectivity index (χ0n) is 37.3. The third-order valence-electron chi connectivity index (χ3n) is 11.7. The van der Waals surface area contributed by atoms with Crippen molar-refractivity contribution >= 4 is 11.9 Å². The fourth-order valence-electron chi connectivity index (χ4n) is 7.82. The van der Waals surface area contributed by atoms with E-state index in [1.54, 1.807) is 13.0 Å². The molecule has 2 rings (SSSR count). The molecular formula is C51H84FNO5. The van der Waals surface area contributed by atoms with Gasteiger partial charge in [-0.05, 0) is 101 Å². The van der Waals surface area contributed by atoms with E-state index in [9.17, 15) is 19.1 Å². The van der Waals surface area contributed by atoms with Crippen molar-refractivity contribution in [2.24, 2.45) is 5.92 Å². The van der Waals surface area contributed by atoms with E-state index in [4.69, 9.17) is 9.47 Å². The van der Waals surface area contributed by atoms with Crippen LogP contribution in [0, 0.1) is 11.7 Å². The maximum absolute atomic E-state index is 14.9. The summed E-state index contributed by atoms with van der Waals surface area (Å²) >= 11 is 0. The molecule has 0 aliphatic carbocycles. The third kappa shape index (κ3) is 25.0. The minimum atomic E-state index is -0.529. The van der Waals surface area contributed by atoms with Gasteiger partial charge in [-0.15, -0.1) is 0 Å². The molecule has 0 aromatic heterocycles. The SMILES string of the molecule is CCCCCCCCCC(CCCCCCCCC)COC(=O)CCCCCN(CCCCO)CCCCCCOC(=O)C(C)c1ccc(-c2ccccc2)c(F)c1. The molecule has 2 aromatic rings. The van der Waals surface area contributed by atoms with Crippen LogP contribution in [0.25, 0.3) is 11.1 Å². The smallest absolute Gasteiger partial charge is 0.313 e. The number of hydrogen-bond acceptors (Lipinski definition) is 6. The first-order chi connectivity index (χ1) is 28.4. The van der Waals surface area contributed by atoms with E-state index in [1.807, 2.05) is 36.4 Å². The van der Waals surface area contributed by atoms with E-state index in [1.165, 1.54) is 109 Å². The maximum Gasteiger partial charge on any atom is 0.313 e. The highest BCUT2D eigenvalue weighted by Crippen LogP contribution is 2.27. The van der Waals surface area contributed by atoms with Crippen molar-refractivity contribution in [1.29, 1.82) is 0 Å². The fraction of sp³-hybridized carbons (Fsp3) is 0.725. The fourth-order valence-corrected chi connectivity index (χ4v) is 7.82. The zero-order valence-corrected chi connectivity index (χ0v) is 37.3. The summed E-state index contributed by atoms with van der Waals surface area (Å²) in [5, 5.41) is 9.32. The summed E-state index contributed by atoms with van der Waals surface area (Å²) in [4.78, 5) is 27.9. The van der Waals surface area contributed by atoms with E-state index in [2.05, 4.69) is 18.7 Å². The number of hydrogen-bond donors (Lipinski definition) is 1. The van der Waals surface area contributed by atoms with Crippen LogP contribution in [0.3, 0.4) is 0 Å². The lowest BCUT2D eigenvalue weighted by molar-refractivity contribution is -0.146. The highest BCUT2D eigenvalue weighted by atomic mass is 19.1. The molecule has 0 spiro atoms. The van der Waals surface area contributed by atoms with Crippen LogP contribution in [0.15, 0.2) is 48.5 Å². The second kappa shape index (κ2) is 35.0. The number of aliphatic hydroxyl groups excluding tert-OH is 1. The van der Waals surface area contributed by atoms with Crippen LogP contribution in [0.4, 0.5) is 4.39 Å². The Hall–Kier alpha value is -2.77. The van der Waals surface area contributed by atoms with Gasteiger partial charge in [0, 0.05) is 18.6 Å². The van der Waals surface area contributed by atoms with Crippen LogP contribution in [0.2, 0.25) is 0 Å². The van der Waals surface area contributed by atoms with Crippen LogP contribution < -0.4 is 0 Å². The molecule has 0 amide bonds. The quantitative estimate of drug-likeness (QED) is 0.0538. The number of benzene rings is 2. The first-order valence-electron chi connectivity index (χ1n) is 23.9. The zero-order chi connectivity index (χ0) is 41.9. The predicted octanol–water partition coefficient (Wildman–Crippen LogP) is 13.8. The van der Waals surface area contributed by atoms with Gasteiger partial charge < -0.3 is 19.5 Å². The van der Waals surface area contributed by atoms with E-state index < -0.39 is 5.92 Å². The van der Waals surface area contributed by atoms with E-state index in [0.717, 1.165) is 83.0 Å². The average Bonchev–Trinajstić information content (AvgIpc) is 3.23. The molecule has 58 heavy (non-hydrogen) atoms. The van der Waals surface area contributed by atoms with E-state index in [0.29, 0.717) is 36.7 Å². The minimum Gasteiger partial charge on any atom is -0.465 e. The number of esters is 2. The van der Waals surface area contributed by atoms with Gasteiger partial charge in [0.05, 0.1) is 19.1 Å². The molecular weight excluding hydrogens is 726 g/mol. The molecule has 0 saturated carbocycles. The topological polar surface area (TPSA) is 76.1 Å². The lowest BCUT2D eigenvalue weighted by Crippen LogP contribution is -2.27. The van der Waals surface area contributed by atoms with Crippen LogP contribution in [0.5, 0.6) is 0 Å². The van der Waals surface area contributed by atoms with Crippen molar-refractivity contribution in [3.8, 4) is 11.1 Å². The average molecular weight is 810 g/mol. The minimum absolute atomic E-state index is 0.0320. The van der Waals surface area contributed by atoms with Gasteiger partial charge in [0.15, 0.2) is 0 Å². The third-order valence-corrected chi connectivity index (χ3v) is 11.7. The Labute approximate surface area is 354 Å².